The van der Waals surface area contributed by atoms with Crippen LogP contribution in [-0.2, 0) is 9.53 Å². The number of hydrogen-bond acceptors (Lipinski definition) is 5. The summed E-state index contributed by atoms with van der Waals surface area (Å²) in [6.45, 7) is 8.39. The lowest BCUT2D eigenvalue weighted by Crippen LogP contribution is -2.35. The first-order chi connectivity index (χ1) is 11.4. The van der Waals surface area contributed by atoms with Crippen LogP contribution in [0.4, 0.5) is 10.5 Å². The van der Waals surface area contributed by atoms with Gasteiger partial charge in [0, 0.05) is 13.0 Å². The summed E-state index contributed by atoms with van der Waals surface area (Å²) < 4.78 is 5.20. The van der Waals surface area contributed by atoms with Crippen LogP contribution in [0.25, 0.3) is 0 Å². The van der Waals surface area contributed by atoms with Crippen LogP contribution in [0.5, 0.6) is 0 Å². The molecule has 0 saturated heterocycles. The average Bonchev–Trinajstić information content (AvgIpc) is 2.58. The zero-order chi connectivity index (χ0) is 18.1. The van der Waals surface area contributed by atoms with Crippen molar-refractivity contribution in [2.24, 2.45) is 0 Å². The standard InChI is InChI=1S/C17H24N2O5/c1-4-15(20)19(17(22)23)14-9-7-13(8-10-14)16(21)24-12-11-18(5-2)6-3/h7-10H,4-6,11-12H2,1-3H3,(H,22,23). The third kappa shape index (κ3) is 5.34. The number of carbonyl (C=O) groups is 3. The van der Waals surface area contributed by atoms with E-state index < -0.39 is 18.0 Å². The number of carboxylic acid groups (broad SMARTS) is 1. The summed E-state index contributed by atoms with van der Waals surface area (Å²) in [5.41, 5.74) is 0.515. The molecule has 0 aliphatic rings. The first kappa shape index (κ1) is 19.6. The first-order valence-electron chi connectivity index (χ1n) is 7.99. The molecule has 0 spiro atoms. The summed E-state index contributed by atoms with van der Waals surface area (Å²) in [5, 5.41) is 9.13. The maximum Gasteiger partial charge on any atom is 0.418 e. The van der Waals surface area contributed by atoms with Crippen molar-refractivity contribution in [3.05, 3.63) is 29.8 Å². The summed E-state index contributed by atoms with van der Waals surface area (Å²) in [4.78, 5) is 37.6. The minimum absolute atomic E-state index is 0.0709. The van der Waals surface area contributed by atoms with Gasteiger partial charge in [0.25, 0.3) is 0 Å². The largest absolute Gasteiger partial charge is 0.464 e. The number of benzene rings is 1. The van der Waals surface area contributed by atoms with Gasteiger partial charge in [-0.15, -0.1) is 0 Å². The van der Waals surface area contributed by atoms with E-state index in [2.05, 4.69) is 4.90 Å². The van der Waals surface area contributed by atoms with Crippen molar-refractivity contribution in [3.8, 4) is 0 Å². The molecule has 0 heterocycles. The summed E-state index contributed by atoms with van der Waals surface area (Å²) >= 11 is 0. The summed E-state index contributed by atoms with van der Waals surface area (Å²) in [6, 6.07) is 5.74. The molecule has 24 heavy (non-hydrogen) atoms. The summed E-state index contributed by atoms with van der Waals surface area (Å²) in [5.74, 6) is -1.01. The number of carbonyl (C=O) groups excluding carboxylic acids is 2. The molecule has 1 aromatic rings. The SMILES string of the molecule is CCC(=O)N(C(=O)O)c1ccc(C(=O)OCCN(CC)CC)cc1. The predicted octanol–water partition coefficient (Wildman–Crippen LogP) is 2.61. The Morgan fingerprint density at radius 1 is 1.04 bits per heavy atom. The molecule has 0 radical (unpaired) electrons. The molecule has 0 aromatic heterocycles. The molecular weight excluding hydrogens is 312 g/mol. The number of amides is 2. The highest BCUT2D eigenvalue weighted by atomic mass is 16.5. The van der Waals surface area contributed by atoms with E-state index in [1.807, 2.05) is 13.8 Å². The number of hydrogen-bond donors (Lipinski definition) is 1. The lowest BCUT2D eigenvalue weighted by atomic mass is 10.2. The van der Waals surface area contributed by atoms with Gasteiger partial charge in [-0.3, -0.25) is 4.79 Å². The van der Waals surface area contributed by atoms with Gasteiger partial charge in [-0.1, -0.05) is 20.8 Å². The van der Waals surface area contributed by atoms with E-state index in [4.69, 9.17) is 9.84 Å². The number of ether oxygens (including phenoxy) is 1. The Labute approximate surface area is 141 Å². The molecule has 1 N–H and O–H groups in total. The predicted molar refractivity (Wildman–Crippen MR) is 90.3 cm³/mol. The normalized spacial score (nSPS) is 10.5. The van der Waals surface area contributed by atoms with Crippen LogP contribution in [0.3, 0.4) is 0 Å². The third-order valence-corrected chi connectivity index (χ3v) is 3.64. The molecule has 1 aromatic carbocycles. The van der Waals surface area contributed by atoms with Crippen molar-refractivity contribution in [1.29, 1.82) is 0 Å². The minimum atomic E-state index is -1.35. The summed E-state index contributed by atoms with van der Waals surface area (Å²) in [6.07, 6.45) is -1.28. The zero-order valence-corrected chi connectivity index (χ0v) is 14.3. The number of nitrogens with zero attached hydrogens (tertiary/aromatic N) is 2. The van der Waals surface area contributed by atoms with E-state index in [1.54, 1.807) is 6.92 Å². The fourth-order valence-electron chi connectivity index (χ4n) is 2.16. The smallest absolute Gasteiger partial charge is 0.418 e. The average molecular weight is 336 g/mol. The van der Waals surface area contributed by atoms with Crippen molar-refractivity contribution in [2.75, 3.05) is 31.1 Å². The van der Waals surface area contributed by atoms with E-state index in [0.717, 1.165) is 13.1 Å². The monoisotopic (exact) mass is 336 g/mol. The highest BCUT2D eigenvalue weighted by molar-refractivity contribution is 6.11. The fourth-order valence-corrected chi connectivity index (χ4v) is 2.16. The first-order valence-corrected chi connectivity index (χ1v) is 7.99. The minimum Gasteiger partial charge on any atom is -0.464 e. The van der Waals surface area contributed by atoms with Crippen molar-refractivity contribution in [2.45, 2.75) is 27.2 Å². The van der Waals surface area contributed by atoms with Crippen LogP contribution in [0.2, 0.25) is 0 Å². The van der Waals surface area contributed by atoms with E-state index in [0.29, 0.717) is 17.0 Å². The maximum absolute atomic E-state index is 12.0. The number of rotatable bonds is 8. The van der Waals surface area contributed by atoms with Gasteiger partial charge >= 0.3 is 12.1 Å². The Bertz CT molecular complexity index is 567. The second-order valence-electron chi connectivity index (χ2n) is 5.07. The fraction of sp³-hybridized carbons (Fsp3) is 0.471. The molecule has 1 rings (SSSR count). The van der Waals surface area contributed by atoms with Crippen LogP contribution in [0.1, 0.15) is 37.6 Å². The lowest BCUT2D eigenvalue weighted by Gasteiger charge is -2.18. The number of imide groups is 1. The van der Waals surface area contributed by atoms with Crippen LogP contribution >= 0.6 is 0 Å². The lowest BCUT2D eigenvalue weighted by molar-refractivity contribution is -0.117. The molecule has 0 bridgehead atoms. The van der Waals surface area contributed by atoms with E-state index in [1.165, 1.54) is 24.3 Å². The van der Waals surface area contributed by atoms with Gasteiger partial charge in [0.05, 0.1) is 11.3 Å². The number of esters is 1. The molecule has 0 saturated carbocycles. The summed E-state index contributed by atoms with van der Waals surface area (Å²) in [7, 11) is 0. The van der Waals surface area contributed by atoms with Crippen LogP contribution < -0.4 is 4.90 Å². The Morgan fingerprint density at radius 3 is 2.08 bits per heavy atom. The highest BCUT2D eigenvalue weighted by Crippen LogP contribution is 2.17. The van der Waals surface area contributed by atoms with Crippen molar-refractivity contribution in [3.63, 3.8) is 0 Å². The Morgan fingerprint density at radius 2 is 1.62 bits per heavy atom. The second-order valence-corrected chi connectivity index (χ2v) is 5.07. The van der Waals surface area contributed by atoms with Crippen molar-refractivity contribution >= 4 is 23.7 Å². The van der Waals surface area contributed by atoms with Crippen molar-refractivity contribution in [1.82, 2.24) is 4.90 Å². The third-order valence-electron chi connectivity index (χ3n) is 3.64. The van der Waals surface area contributed by atoms with E-state index >= 15 is 0 Å². The Balaban J connectivity index is 2.71. The van der Waals surface area contributed by atoms with Gasteiger partial charge in [0.15, 0.2) is 0 Å². The highest BCUT2D eigenvalue weighted by Gasteiger charge is 2.21. The number of likely N-dealkylation sites (N-methyl/N-ethyl adjacent to an activating group) is 1. The molecule has 132 valence electrons. The van der Waals surface area contributed by atoms with Gasteiger partial charge in [0.2, 0.25) is 5.91 Å². The Kier molecular flexibility index (Phi) is 7.91. The van der Waals surface area contributed by atoms with Crippen LogP contribution in [-0.4, -0.2) is 54.2 Å². The van der Waals surface area contributed by atoms with Gasteiger partial charge in [-0.25, -0.2) is 14.5 Å². The molecule has 0 unspecified atom stereocenters. The molecule has 0 fully saturated rings. The quantitative estimate of drug-likeness (QED) is 0.734. The second kappa shape index (κ2) is 9.67. The molecule has 0 aliphatic carbocycles. The van der Waals surface area contributed by atoms with E-state index in [9.17, 15) is 14.4 Å². The topological polar surface area (TPSA) is 87.2 Å². The molecule has 7 nitrogen and oxygen atoms in total. The number of anilines is 1. The maximum atomic E-state index is 12.0. The van der Waals surface area contributed by atoms with Gasteiger partial charge in [-0.05, 0) is 37.4 Å². The molecular formula is C17H24N2O5. The van der Waals surface area contributed by atoms with Gasteiger partial charge < -0.3 is 14.7 Å². The van der Waals surface area contributed by atoms with Crippen LogP contribution in [0, 0.1) is 0 Å². The molecule has 0 atom stereocenters. The molecule has 7 heteroatoms. The van der Waals surface area contributed by atoms with E-state index in [-0.39, 0.29) is 18.7 Å². The van der Waals surface area contributed by atoms with Gasteiger partial charge in [0.1, 0.15) is 6.61 Å². The Hall–Kier alpha value is -2.41. The van der Waals surface area contributed by atoms with Gasteiger partial charge in [-0.2, -0.15) is 0 Å². The molecule has 0 aliphatic heterocycles. The molecule has 2 amide bonds. The van der Waals surface area contributed by atoms with Crippen LogP contribution in [0.15, 0.2) is 24.3 Å². The van der Waals surface area contributed by atoms with Crippen molar-refractivity contribution < 1.29 is 24.2 Å². The zero-order valence-electron chi connectivity index (χ0n) is 14.3.